The van der Waals surface area contributed by atoms with Crippen LogP contribution in [0, 0.1) is 0 Å². The van der Waals surface area contributed by atoms with Gasteiger partial charge in [0.1, 0.15) is 0 Å². The Labute approximate surface area is 68.6 Å². The first-order chi connectivity index (χ1) is 5.13. The number of carbonyl (C=O) groups is 1. The Morgan fingerprint density at radius 3 is 2.09 bits per heavy atom. The Bertz CT molecular complexity index is 132. The van der Waals surface area contributed by atoms with Crippen LogP contribution in [-0.4, -0.2) is 24.5 Å². The maximum absolute atomic E-state index is 10.9. The number of hydrogen-bond donors (Lipinski definition) is 2. The van der Waals surface area contributed by atoms with Gasteiger partial charge in [-0.3, -0.25) is 4.79 Å². The number of rotatable bonds is 0. The molecule has 0 atom stereocenters. The van der Waals surface area contributed by atoms with Gasteiger partial charge in [-0.15, -0.1) is 0 Å². The van der Waals surface area contributed by atoms with Gasteiger partial charge in [-0.25, -0.2) is 0 Å². The molecule has 1 heterocycles. The predicted octanol–water partition coefficient (Wildman–Crippen LogP) is 0.511. The fourth-order valence-corrected chi connectivity index (χ4v) is 0.852. The molecule has 0 aromatic carbocycles. The second-order valence-corrected chi connectivity index (χ2v) is 2.81. The highest BCUT2D eigenvalue weighted by atomic mass is 16.2. The molecule has 1 amide bonds. The molecule has 3 nitrogen and oxygen atoms in total. The minimum absolute atomic E-state index is 0.0914. The zero-order valence-electron chi connectivity index (χ0n) is 7.82. The number of carbonyl (C=O) groups excluding carboxylic acids is 1. The first-order valence-corrected chi connectivity index (χ1v) is 4.16. The van der Waals surface area contributed by atoms with Crippen molar-refractivity contribution in [2.75, 3.05) is 13.1 Å². The summed E-state index contributed by atoms with van der Waals surface area (Å²) in [6.07, 6.45) is 0. The number of hydrogen-bond acceptors (Lipinski definition) is 2. The maximum Gasteiger partial charge on any atom is 0.239 e. The summed E-state index contributed by atoms with van der Waals surface area (Å²) < 4.78 is 0. The Morgan fingerprint density at radius 2 is 1.82 bits per heavy atom. The van der Waals surface area contributed by atoms with Crippen molar-refractivity contribution in [1.82, 2.24) is 10.6 Å². The normalized spacial score (nSPS) is 21.3. The van der Waals surface area contributed by atoms with Crippen LogP contribution in [0.5, 0.6) is 0 Å². The molecule has 0 aromatic heterocycles. The van der Waals surface area contributed by atoms with E-state index in [1.54, 1.807) is 0 Å². The molecule has 1 saturated heterocycles. The number of amides is 1. The Morgan fingerprint density at radius 1 is 1.27 bits per heavy atom. The molecule has 1 aliphatic rings. The Balaban J connectivity index is 0.000000461. The second-order valence-electron chi connectivity index (χ2n) is 2.81. The summed E-state index contributed by atoms with van der Waals surface area (Å²) in [5.41, 5.74) is -0.363. The maximum atomic E-state index is 10.9. The van der Waals surface area contributed by atoms with E-state index in [1.807, 2.05) is 27.7 Å². The molecular formula is C8H18N2O. The third-order valence-corrected chi connectivity index (χ3v) is 1.55. The molecule has 11 heavy (non-hydrogen) atoms. The van der Waals surface area contributed by atoms with E-state index < -0.39 is 0 Å². The fourth-order valence-electron chi connectivity index (χ4n) is 0.852. The quantitative estimate of drug-likeness (QED) is 0.539. The smallest absolute Gasteiger partial charge is 0.239 e. The third-order valence-electron chi connectivity index (χ3n) is 1.55. The van der Waals surface area contributed by atoms with Crippen LogP contribution in [0.3, 0.4) is 0 Å². The molecule has 1 rings (SSSR count). The van der Waals surface area contributed by atoms with Crippen LogP contribution in [0.25, 0.3) is 0 Å². The summed E-state index contributed by atoms with van der Waals surface area (Å²) >= 11 is 0. The highest BCUT2D eigenvalue weighted by Crippen LogP contribution is 2.03. The van der Waals surface area contributed by atoms with E-state index in [4.69, 9.17) is 0 Å². The van der Waals surface area contributed by atoms with Crippen molar-refractivity contribution in [2.45, 2.75) is 33.2 Å². The lowest BCUT2D eigenvalue weighted by Gasteiger charge is -2.29. The molecule has 2 N–H and O–H groups in total. The van der Waals surface area contributed by atoms with Crippen LogP contribution >= 0.6 is 0 Å². The molecule has 0 aromatic rings. The average Bonchev–Trinajstić information content (AvgIpc) is 2.00. The molecule has 0 aliphatic carbocycles. The van der Waals surface area contributed by atoms with Crippen LogP contribution < -0.4 is 10.6 Å². The van der Waals surface area contributed by atoms with Crippen molar-refractivity contribution >= 4 is 5.91 Å². The lowest BCUT2D eigenvalue weighted by molar-refractivity contribution is -0.127. The molecule has 0 unspecified atom stereocenters. The summed E-state index contributed by atoms with van der Waals surface area (Å²) in [5.74, 6) is 0.0914. The van der Waals surface area contributed by atoms with Crippen LogP contribution in [0.2, 0.25) is 0 Å². The van der Waals surface area contributed by atoms with Gasteiger partial charge in [-0.05, 0) is 13.8 Å². The van der Waals surface area contributed by atoms with E-state index >= 15 is 0 Å². The summed E-state index contributed by atoms with van der Waals surface area (Å²) in [4.78, 5) is 10.9. The van der Waals surface area contributed by atoms with Crippen LogP contribution in [0.1, 0.15) is 27.7 Å². The number of piperazine rings is 1. The highest BCUT2D eigenvalue weighted by molar-refractivity contribution is 5.86. The van der Waals surface area contributed by atoms with Crippen LogP contribution in [-0.2, 0) is 4.79 Å². The van der Waals surface area contributed by atoms with Gasteiger partial charge in [0.15, 0.2) is 0 Å². The molecule has 3 heteroatoms. The largest absolute Gasteiger partial charge is 0.353 e. The van der Waals surface area contributed by atoms with Gasteiger partial charge < -0.3 is 10.6 Å². The van der Waals surface area contributed by atoms with Gasteiger partial charge in [-0.2, -0.15) is 0 Å². The molecule has 0 saturated carbocycles. The monoisotopic (exact) mass is 158 g/mol. The van der Waals surface area contributed by atoms with E-state index in [0.29, 0.717) is 0 Å². The van der Waals surface area contributed by atoms with Crippen LogP contribution in [0.15, 0.2) is 0 Å². The van der Waals surface area contributed by atoms with E-state index in [0.717, 1.165) is 13.1 Å². The Kier molecular flexibility index (Phi) is 4.11. The first-order valence-electron chi connectivity index (χ1n) is 4.16. The zero-order valence-corrected chi connectivity index (χ0v) is 7.82. The van der Waals surface area contributed by atoms with E-state index in [1.165, 1.54) is 0 Å². The van der Waals surface area contributed by atoms with E-state index in [9.17, 15) is 4.79 Å². The van der Waals surface area contributed by atoms with Gasteiger partial charge in [0.05, 0.1) is 5.54 Å². The molecular weight excluding hydrogens is 140 g/mol. The standard InChI is InChI=1S/C6H12N2O.C2H6/c1-6(2)5(9)7-3-4-8-6;1-2/h8H,3-4H2,1-2H3,(H,7,9);1-2H3. The van der Waals surface area contributed by atoms with Crippen molar-refractivity contribution in [1.29, 1.82) is 0 Å². The summed E-state index contributed by atoms with van der Waals surface area (Å²) in [6, 6.07) is 0. The second kappa shape index (κ2) is 4.34. The van der Waals surface area contributed by atoms with E-state index in [2.05, 4.69) is 10.6 Å². The van der Waals surface area contributed by atoms with Gasteiger partial charge in [0.2, 0.25) is 5.91 Å². The van der Waals surface area contributed by atoms with E-state index in [-0.39, 0.29) is 11.4 Å². The minimum atomic E-state index is -0.363. The van der Waals surface area contributed by atoms with Crippen molar-refractivity contribution < 1.29 is 4.79 Å². The average molecular weight is 158 g/mol. The van der Waals surface area contributed by atoms with Crippen LogP contribution in [0.4, 0.5) is 0 Å². The molecule has 66 valence electrons. The summed E-state index contributed by atoms with van der Waals surface area (Å²) in [6.45, 7) is 9.38. The molecule has 0 spiro atoms. The molecule has 0 radical (unpaired) electrons. The fraction of sp³-hybridized carbons (Fsp3) is 0.875. The lowest BCUT2D eigenvalue weighted by atomic mass is 10.0. The molecule has 0 bridgehead atoms. The van der Waals surface area contributed by atoms with Crippen molar-refractivity contribution in [3.8, 4) is 0 Å². The van der Waals surface area contributed by atoms with Crippen molar-refractivity contribution in [3.63, 3.8) is 0 Å². The lowest BCUT2D eigenvalue weighted by Crippen LogP contribution is -2.59. The van der Waals surface area contributed by atoms with Gasteiger partial charge >= 0.3 is 0 Å². The highest BCUT2D eigenvalue weighted by Gasteiger charge is 2.28. The van der Waals surface area contributed by atoms with Gasteiger partial charge in [-0.1, -0.05) is 13.8 Å². The molecule has 1 aliphatic heterocycles. The third kappa shape index (κ3) is 2.89. The molecule has 1 fully saturated rings. The topological polar surface area (TPSA) is 41.1 Å². The number of nitrogens with one attached hydrogen (secondary N) is 2. The van der Waals surface area contributed by atoms with Crippen molar-refractivity contribution in [3.05, 3.63) is 0 Å². The Hall–Kier alpha value is -0.570. The summed E-state index contributed by atoms with van der Waals surface area (Å²) in [7, 11) is 0. The van der Waals surface area contributed by atoms with Gasteiger partial charge in [0, 0.05) is 13.1 Å². The van der Waals surface area contributed by atoms with Crippen molar-refractivity contribution in [2.24, 2.45) is 0 Å². The van der Waals surface area contributed by atoms with Gasteiger partial charge in [0.25, 0.3) is 0 Å². The zero-order chi connectivity index (χ0) is 8.91. The summed E-state index contributed by atoms with van der Waals surface area (Å²) in [5, 5.41) is 5.87. The SMILES string of the molecule is CC.CC1(C)NCCNC1=O. The minimum Gasteiger partial charge on any atom is -0.353 e. The first kappa shape index (κ1) is 10.4. The predicted molar refractivity (Wildman–Crippen MR) is 46.4 cm³/mol.